The summed E-state index contributed by atoms with van der Waals surface area (Å²) in [7, 11) is 95.6. The van der Waals surface area contributed by atoms with Gasteiger partial charge in [0.1, 0.15) is 11.2 Å². The highest BCUT2D eigenvalue weighted by Gasteiger charge is 2.50. The molecule has 0 aliphatic rings. The predicted molar refractivity (Wildman–Crippen MR) is 610 cm³/mol. The molecule has 36 atom stereocenters. The molecular formula is C28H107N2O7P55. The lowest BCUT2D eigenvalue weighted by atomic mass is 10.1. The molecule has 0 aromatic heterocycles. The van der Waals surface area contributed by atoms with Crippen LogP contribution in [0.3, 0.4) is 0 Å². The minimum absolute atomic E-state index is 0.00189. The standard InChI is InChI=1S/C15H25NO4.C13H23NO3.H30P28.H29P27/c1-7-9-12(11(3)10-13(17)19-8-2)16-14(18)20-15(4,5)6;1-6-7-11(10(2)8-9-15)14-12(16)17-13(3,4)5;1-16(2)23(15)27(24(17(3)4)18(5)6)28(25(19(7)8)20(9)10)26(21(11)12)22(13)14;1-15-22(14)26(23(16(2)3)17(4)5)27(24(18(6)7)19(8)9)25(20(10)11)21(12)13/h7,10,12H,1,8-9H2,2-6H3,(H,16,18);6,8,11,15H,1,7,9H2,2-5H3,(H,14,16);1-15H2;15H,1-14H2/b11-10+;10-8+;;/t12-;11-;;/m00../s1. The highest BCUT2D eigenvalue weighted by atomic mass is 33.5. The lowest BCUT2D eigenvalue weighted by Crippen LogP contribution is -2.39. The molecule has 546 valence electrons. The van der Waals surface area contributed by atoms with Crippen LogP contribution < -0.4 is 10.6 Å². The third-order valence-corrected chi connectivity index (χ3v) is 369. The number of esters is 1. The van der Waals surface area contributed by atoms with Crippen LogP contribution in [0.1, 0.15) is 75.2 Å². The first-order valence-corrected chi connectivity index (χ1v) is 123. The molecule has 0 rings (SSSR count). The highest BCUT2D eigenvalue weighted by Crippen LogP contribution is 3.38. The van der Waals surface area contributed by atoms with Crippen molar-refractivity contribution in [2.75, 3.05) is 13.2 Å². The van der Waals surface area contributed by atoms with E-state index in [-0.39, 0.29) is 193 Å². The quantitative estimate of drug-likeness (QED) is 0.0190. The van der Waals surface area contributed by atoms with Gasteiger partial charge in [0.25, 0.3) is 0 Å². The molecule has 0 spiro atoms. The van der Waals surface area contributed by atoms with Crippen LogP contribution in [0.25, 0.3) is 0 Å². The lowest BCUT2D eigenvalue weighted by Gasteiger charge is -2.51. The summed E-state index contributed by atoms with van der Waals surface area (Å²) in [4.78, 5) is 34.8. The van der Waals surface area contributed by atoms with Crippen molar-refractivity contribution in [3.05, 3.63) is 48.6 Å². The summed E-state index contributed by atoms with van der Waals surface area (Å²) < 4.78 is 15.2. The second-order valence-electron chi connectivity index (χ2n) is 18.6. The first-order valence-electron chi connectivity index (χ1n) is 24.7. The fourth-order valence-corrected chi connectivity index (χ4v) is 702. The van der Waals surface area contributed by atoms with Crippen molar-refractivity contribution >= 4 is 460 Å². The molecule has 9 nitrogen and oxygen atoms in total. The van der Waals surface area contributed by atoms with Crippen LogP contribution in [0.5, 0.6) is 0 Å². The maximum absolute atomic E-state index is 11.7. The Labute approximate surface area is 656 Å². The number of ether oxygens (including phenoxy) is 3. The van der Waals surface area contributed by atoms with Gasteiger partial charge in [0, 0.05) is 6.08 Å². The number of aliphatic hydroxyl groups is 1. The van der Waals surface area contributed by atoms with Gasteiger partial charge in [-0.1, -0.05) is 31.8 Å². The molecular weight excluding hydrogens is 2180 g/mol. The molecule has 0 aromatic rings. The van der Waals surface area contributed by atoms with E-state index in [1.165, 1.54) is 6.08 Å². The van der Waals surface area contributed by atoms with Crippen molar-refractivity contribution in [2.45, 2.75) is 98.4 Å². The number of carbonyl (C=O) groups excluding carboxylic acids is 3. The smallest absolute Gasteiger partial charge is 0.408 e. The van der Waals surface area contributed by atoms with E-state index in [0.717, 1.165) is 13.5 Å². The first kappa shape index (κ1) is 119. The Morgan fingerprint density at radius 1 is 0.446 bits per heavy atom. The largest absolute Gasteiger partial charge is 0.463 e. The van der Waals surface area contributed by atoms with E-state index in [9.17, 15) is 14.4 Å². The van der Waals surface area contributed by atoms with Crippen LogP contribution in [-0.4, -0.2) is 59.8 Å². The van der Waals surface area contributed by atoms with E-state index in [0.29, 0.717) is 25.0 Å². The molecule has 0 heterocycles. The van der Waals surface area contributed by atoms with E-state index in [2.05, 4.69) is 283 Å². The molecule has 0 saturated carbocycles. The van der Waals surface area contributed by atoms with Gasteiger partial charge >= 0.3 is 18.2 Å². The number of amides is 2. The second kappa shape index (κ2) is 67.1. The number of hydrogen-bond acceptors (Lipinski definition) is 7. The first-order chi connectivity index (χ1) is 41.9. The average molecular weight is 2290 g/mol. The van der Waals surface area contributed by atoms with E-state index in [4.69, 9.17) is 19.3 Å². The van der Waals surface area contributed by atoms with Gasteiger partial charge in [0.05, 0.1) is 25.3 Å². The van der Waals surface area contributed by atoms with E-state index < -0.39 is 29.4 Å². The zero-order valence-corrected chi connectivity index (χ0v) is 109. The number of alkyl carbamates (subject to hydrolysis) is 2. The molecule has 0 aromatic carbocycles. The van der Waals surface area contributed by atoms with Gasteiger partial charge in [-0.2, -0.15) is 0 Å². The maximum Gasteiger partial charge on any atom is 0.408 e. The summed E-state index contributed by atoms with van der Waals surface area (Å²) in [5, 5.41) is 14.3. The van der Waals surface area contributed by atoms with Gasteiger partial charge in [-0.15, -0.1) is 272 Å². The summed E-state index contributed by atoms with van der Waals surface area (Å²) >= 11 is 0. The zero-order chi connectivity index (χ0) is 73.4. The van der Waals surface area contributed by atoms with Crippen molar-refractivity contribution < 1.29 is 33.7 Å². The van der Waals surface area contributed by atoms with Crippen LogP contribution in [-0.2, 0) is 19.0 Å². The monoisotopic (exact) mass is 2290 g/mol. The fraction of sp³-hybridized carbons (Fsp3) is 0.607. The summed E-state index contributed by atoms with van der Waals surface area (Å²) in [5.41, 5.74) is 0.492. The normalized spacial score (nSPS) is 15.2. The molecule has 34 unspecified atom stereocenters. The van der Waals surface area contributed by atoms with Crippen LogP contribution in [0.15, 0.2) is 48.6 Å². The number of rotatable bonds is 35. The summed E-state index contributed by atoms with van der Waals surface area (Å²) in [6.07, 6.45) is 6.53. The minimum Gasteiger partial charge on any atom is -0.463 e. The van der Waals surface area contributed by atoms with Gasteiger partial charge in [0.15, 0.2) is 0 Å². The minimum atomic E-state index is -0.568. The second-order valence-corrected chi connectivity index (χ2v) is 237. The van der Waals surface area contributed by atoms with Crippen LogP contribution in [0.4, 0.5) is 9.59 Å². The van der Waals surface area contributed by atoms with Crippen LogP contribution in [0, 0.1) is 0 Å². The van der Waals surface area contributed by atoms with E-state index >= 15 is 0 Å². The SMILES string of the molecule is C=CC[C@H](NC(=O)OC(C)(C)C)/C(C)=C/C(=O)OCC.C=CC[C@H](NC(=O)OC(C)(C)C)/C(C)=C/CO.PP(P)P(P)P(P(P(P)P)P(P)P)P(P(P(P)P)P(P)P)P(P(P)P)P(P)P.PPP(P)P(P(P(P)P)P(P)P)P(P(P(P)P)P(P)P)P(P(P)P)P(P)P. The lowest BCUT2D eigenvalue weighted by molar-refractivity contribution is -0.137. The average Bonchev–Trinajstić information content (AvgIpc) is 0.785. The van der Waals surface area contributed by atoms with Crippen LogP contribution >= 0.6 is 442 Å². The van der Waals surface area contributed by atoms with Gasteiger partial charge in [-0.05, 0) is 255 Å². The molecule has 64 heteroatoms. The fourth-order valence-electron chi connectivity index (χ4n) is 5.58. The molecule has 0 saturated heterocycles. The van der Waals surface area contributed by atoms with Crippen molar-refractivity contribution in [1.82, 2.24) is 10.6 Å². The molecule has 0 aliphatic heterocycles. The van der Waals surface area contributed by atoms with Crippen molar-refractivity contribution in [3.8, 4) is 0 Å². The van der Waals surface area contributed by atoms with Gasteiger partial charge in [-0.25, -0.2) is 14.4 Å². The molecule has 0 aliphatic carbocycles. The Bertz CT molecular complexity index is 2010. The van der Waals surface area contributed by atoms with Crippen molar-refractivity contribution in [2.24, 2.45) is 0 Å². The summed E-state index contributed by atoms with van der Waals surface area (Å²) in [5.74, 6) is -0.426. The zero-order valence-electron chi connectivity index (χ0n) is 52.5. The molecule has 0 radical (unpaired) electrons. The number of hydrogen-bond donors (Lipinski definition) is 3. The van der Waals surface area contributed by atoms with Gasteiger partial charge < -0.3 is 30.0 Å². The Kier molecular flexibility index (Phi) is 86.7. The number of nitrogens with one attached hydrogen (secondary N) is 2. The molecule has 92 heavy (non-hydrogen) atoms. The molecule has 2 amide bonds. The van der Waals surface area contributed by atoms with E-state index in [1.807, 2.05) is 27.7 Å². The van der Waals surface area contributed by atoms with Crippen LogP contribution in [0.2, 0.25) is 0 Å². The van der Waals surface area contributed by atoms with Gasteiger partial charge in [0.2, 0.25) is 0 Å². The topological polar surface area (TPSA) is 123 Å². The summed E-state index contributed by atoms with van der Waals surface area (Å²) in [6.45, 7) is 24.0. The van der Waals surface area contributed by atoms with Crippen molar-refractivity contribution in [3.63, 3.8) is 0 Å². The maximum atomic E-state index is 11.7. The Balaban J connectivity index is -0.000000572. The number of carbonyl (C=O) groups is 3. The summed E-state index contributed by atoms with van der Waals surface area (Å²) in [6, 6.07) is -0.527. The highest BCUT2D eigenvalue weighted by molar-refractivity contribution is 9.44. The predicted octanol–water partition coefficient (Wildman–Crippen LogP) is 36.9. The Hall–Kier alpha value is 20.6. The Morgan fingerprint density at radius 2 is 0.707 bits per heavy atom. The van der Waals surface area contributed by atoms with Crippen molar-refractivity contribution in [1.29, 1.82) is 0 Å². The number of aliphatic hydroxyl groups excluding tert-OH is 1. The van der Waals surface area contributed by atoms with E-state index in [1.54, 1.807) is 52.8 Å². The molecule has 0 bridgehead atoms. The third-order valence-electron chi connectivity index (χ3n) is 8.83. The van der Waals surface area contributed by atoms with Gasteiger partial charge in [-0.3, -0.25) is 0 Å². The molecule has 3 N–H and O–H groups in total. The third kappa shape index (κ3) is 54.2. The molecule has 0 fully saturated rings. The Morgan fingerprint density at radius 3 is 0.935 bits per heavy atom.